The van der Waals surface area contributed by atoms with E-state index in [0.717, 1.165) is 98.4 Å². The molecule has 0 spiro atoms. The summed E-state index contributed by atoms with van der Waals surface area (Å²) in [6.45, 7) is 5.96. The van der Waals surface area contributed by atoms with Crippen molar-refractivity contribution in [2.24, 2.45) is 5.73 Å². The van der Waals surface area contributed by atoms with Gasteiger partial charge in [0.15, 0.2) is 0 Å². The molecule has 0 saturated carbocycles. The number of nitrogens with two attached hydrogens (primary N) is 2. The fourth-order valence-electron chi connectivity index (χ4n) is 7.35. The number of nitrogens with one attached hydrogen (secondary N) is 2. The second-order valence-electron chi connectivity index (χ2n) is 15.5. The van der Waals surface area contributed by atoms with Crippen molar-refractivity contribution >= 4 is 62.3 Å². The topological polar surface area (TPSA) is 154 Å². The van der Waals surface area contributed by atoms with Crippen LogP contribution < -0.4 is 26.4 Å². The molecule has 61 heavy (non-hydrogen) atoms. The SMILES string of the molecule is CN(CCCCCC(N)=O)CC[C@H](CSc1ccccc1)Nc1ccc(S(=O)(=O)NC(=O)c2ccc(N3CCN(Cc4ccccc4-c4ccc(Cl)cc4)CC3)cc2)cc1N. The molecule has 0 unspecified atom stereocenters. The number of piperazine rings is 1. The van der Waals surface area contributed by atoms with Gasteiger partial charge in [-0.15, -0.1) is 11.8 Å². The number of hydrogen-bond acceptors (Lipinski definition) is 10. The molecule has 322 valence electrons. The molecular formula is C47H56ClN7O4S2. The fraction of sp³-hybridized carbons (Fsp3) is 0.319. The second kappa shape index (κ2) is 22.2. The largest absolute Gasteiger partial charge is 0.397 e. The minimum atomic E-state index is -4.21. The van der Waals surface area contributed by atoms with Gasteiger partial charge in [0.2, 0.25) is 5.91 Å². The van der Waals surface area contributed by atoms with E-state index < -0.39 is 15.9 Å². The number of halogens is 1. The van der Waals surface area contributed by atoms with E-state index in [1.807, 2.05) is 42.5 Å². The Balaban J connectivity index is 1.01. The highest BCUT2D eigenvalue weighted by molar-refractivity contribution is 7.99. The summed E-state index contributed by atoms with van der Waals surface area (Å²) in [7, 11) is -2.13. The number of carbonyl (C=O) groups excluding carboxylic acids is 2. The normalized spacial score (nSPS) is 13.9. The number of carbonyl (C=O) groups is 2. The molecule has 11 nitrogen and oxygen atoms in total. The third kappa shape index (κ3) is 13.7. The van der Waals surface area contributed by atoms with Gasteiger partial charge in [-0.3, -0.25) is 14.5 Å². The smallest absolute Gasteiger partial charge is 0.264 e. The molecule has 14 heteroatoms. The number of primary amides is 1. The number of nitrogen functional groups attached to an aromatic ring is 1. The first-order chi connectivity index (χ1) is 29.4. The van der Waals surface area contributed by atoms with Crippen molar-refractivity contribution in [3.63, 3.8) is 0 Å². The first-order valence-electron chi connectivity index (χ1n) is 20.7. The lowest BCUT2D eigenvalue weighted by Crippen LogP contribution is -2.46. The molecule has 2 amide bonds. The number of nitrogens with zero attached hydrogens (tertiary/aromatic N) is 3. The number of hydrogen-bond donors (Lipinski definition) is 4. The van der Waals surface area contributed by atoms with Gasteiger partial charge >= 0.3 is 0 Å². The van der Waals surface area contributed by atoms with E-state index in [1.54, 1.807) is 30.0 Å². The van der Waals surface area contributed by atoms with Crippen LogP contribution in [0.5, 0.6) is 0 Å². The maximum Gasteiger partial charge on any atom is 0.264 e. The number of benzene rings is 5. The number of rotatable bonds is 21. The summed E-state index contributed by atoms with van der Waals surface area (Å²) >= 11 is 7.87. The summed E-state index contributed by atoms with van der Waals surface area (Å²) in [5.41, 5.74) is 17.4. The monoisotopic (exact) mass is 881 g/mol. The standard InChI is InChI=1S/C47H56ClN7O4S2/c1-53(26-9-3-6-14-46(50)56)27-25-39(34-60-41-11-4-2-5-12-41)51-45-24-23-42(32-44(45)49)61(58,59)52-47(57)36-17-21-40(22-18-36)55-30-28-54(29-31-55)33-37-10-7-8-13-43(37)35-15-19-38(48)20-16-35/h2,4-5,7-8,10-13,15-24,32,39,51H,3,6,9,14,25-31,33-34,49H2,1H3,(H2,50,56)(H,52,57)/t39-/m1/s1. The van der Waals surface area contributed by atoms with E-state index in [2.05, 4.69) is 80.3 Å². The van der Waals surface area contributed by atoms with Crippen molar-refractivity contribution in [1.82, 2.24) is 14.5 Å². The van der Waals surface area contributed by atoms with Crippen LogP contribution in [-0.2, 0) is 21.4 Å². The molecule has 1 aliphatic rings. The minimum absolute atomic E-state index is 0.0297. The molecule has 0 aromatic heterocycles. The highest BCUT2D eigenvalue weighted by Gasteiger charge is 2.23. The van der Waals surface area contributed by atoms with Crippen LogP contribution in [0.4, 0.5) is 17.1 Å². The van der Waals surface area contributed by atoms with Crippen molar-refractivity contribution in [3.8, 4) is 11.1 Å². The fourth-order valence-corrected chi connectivity index (χ4v) is 9.48. The van der Waals surface area contributed by atoms with Crippen LogP contribution in [-0.4, -0.2) is 88.1 Å². The molecule has 0 bridgehead atoms. The maximum absolute atomic E-state index is 13.4. The summed E-state index contributed by atoms with van der Waals surface area (Å²) in [5.74, 6) is -0.214. The Labute approximate surface area is 369 Å². The molecule has 6 N–H and O–H groups in total. The van der Waals surface area contributed by atoms with Gasteiger partial charge in [0.25, 0.3) is 15.9 Å². The average molecular weight is 883 g/mol. The molecule has 1 aliphatic heterocycles. The number of sulfonamides is 1. The average Bonchev–Trinajstić information content (AvgIpc) is 3.26. The van der Waals surface area contributed by atoms with Gasteiger partial charge in [-0.05, 0) is 123 Å². The van der Waals surface area contributed by atoms with Gasteiger partial charge in [0.1, 0.15) is 0 Å². The summed E-state index contributed by atoms with van der Waals surface area (Å²) < 4.78 is 29.1. The van der Waals surface area contributed by atoms with Crippen LogP contribution >= 0.6 is 23.4 Å². The Kier molecular flexibility index (Phi) is 16.5. The lowest BCUT2D eigenvalue weighted by Gasteiger charge is -2.36. The van der Waals surface area contributed by atoms with E-state index >= 15 is 0 Å². The van der Waals surface area contributed by atoms with Gasteiger partial charge in [0.05, 0.1) is 16.3 Å². The molecule has 0 radical (unpaired) electrons. The van der Waals surface area contributed by atoms with E-state index in [4.69, 9.17) is 23.1 Å². The quantitative estimate of drug-likeness (QED) is 0.0324. The van der Waals surface area contributed by atoms with E-state index in [-0.39, 0.29) is 28.1 Å². The van der Waals surface area contributed by atoms with E-state index in [0.29, 0.717) is 12.1 Å². The molecule has 1 fully saturated rings. The van der Waals surface area contributed by atoms with Crippen LogP contribution in [0.15, 0.2) is 131 Å². The zero-order chi connectivity index (χ0) is 43.2. The van der Waals surface area contributed by atoms with E-state index in [9.17, 15) is 18.0 Å². The number of unbranched alkanes of at least 4 members (excludes halogenated alkanes) is 2. The Bertz CT molecular complexity index is 2310. The summed E-state index contributed by atoms with van der Waals surface area (Å²) in [4.78, 5) is 32.3. The highest BCUT2D eigenvalue weighted by Crippen LogP contribution is 2.29. The van der Waals surface area contributed by atoms with Gasteiger partial charge in [-0.1, -0.05) is 72.6 Å². The van der Waals surface area contributed by atoms with E-state index in [1.165, 1.54) is 23.3 Å². The van der Waals surface area contributed by atoms with Crippen LogP contribution in [0, 0.1) is 0 Å². The van der Waals surface area contributed by atoms with Crippen molar-refractivity contribution in [3.05, 3.63) is 137 Å². The van der Waals surface area contributed by atoms with Gasteiger partial charge in [-0.2, -0.15) is 0 Å². The van der Waals surface area contributed by atoms with Crippen molar-refractivity contribution in [1.29, 1.82) is 0 Å². The van der Waals surface area contributed by atoms with Crippen LogP contribution in [0.1, 0.15) is 48.0 Å². The van der Waals surface area contributed by atoms with Crippen LogP contribution in [0.25, 0.3) is 11.1 Å². The predicted molar refractivity (Wildman–Crippen MR) is 251 cm³/mol. The van der Waals surface area contributed by atoms with Gasteiger partial charge < -0.3 is 26.6 Å². The summed E-state index contributed by atoms with van der Waals surface area (Å²) in [6.07, 6.45) is 3.96. The number of anilines is 3. The predicted octanol–water partition coefficient (Wildman–Crippen LogP) is 7.97. The maximum atomic E-state index is 13.4. The Hall–Kier alpha value is -5.05. The molecule has 0 aliphatic carbocycles. The van der Waals surface area contributed by atoms with Gasteiger partial charge in [0, 0.05) is 72.1 Å². The van der Waals surface area contributed by atoms with Crippen LogP contribution in [0.2, 0.25) is 5.02 Å². The first-order valence-corrected chi connectivity index (χ1v) is 23.6. The molecule has 5 aromatic carbocycles. The molecule has 6 rings (SSSR count). The summed E-state index contributed by atoms with van der Waals surface area (Å²) in [5, 5.41) is 4.26. The third-order valence-corrected chi connectivity index (χ3v) is 13.6. The third-order valence-electron chi connectivity index (χ3n) is 10.9. The lowest BCUT2D eigenvalue weighted by molar-refractivity contribution is -0.118. The first kappa shape index (κ1) is 45.5. The lowest BCUT2D eigenvalue weighted by atomic mass is 9.99. The molecular weight excluding hydrogens is 826 g/mol. The number of amides is 2. The zero-order valence-corrected chi connectivity index (χ0v) is 37.0. The number of thioether (sulfide) groups is 1. The van der Waals surface area contributed by atoms with Crippen molar-refractivity contribution in [2.75, 3.05) is 68.0 Å². The Morgan fingerprint density at radius 3 is 2.25 bits per heavy atom. The Morgan fingerprint density at radius 2 is 1.54 bits per heavy atom. The molecule has 5 aromatic rings. The molecule has 1 saturated heterocycles. The Morgan fingerprint density at radius 1 is 0.836 bits per heavy atom. The zero-order valence-electron chi connectivity index (χ0n) is 34.6. The van der Waals surface area contributed by atoms with Crippen LogP contribution in [0.3, 0.4) is 0 Å². The van der Waals surface area contributed by atoms with Crippen molar-refractivity contribution in [2.45, 2.75) is 54.5 Å². The highest BCUT2D eigenvalue weighted by atomic mass is 35.5. The minimum Gasteiger partial charge on any atom is -0.397 e. The van der Waals surface area contributed by atoms with Gasteiger partial charge in [-0.25, -0.2) is 13.1 Å². The molecule has 1 heterocycles. The molecule has 1 atom stereocenters. The second-order valence-corrected chi connectivity index (χ2v) is 18.7. The summed E-state index contributed by atoms with van der Waals surface area (Å²) in [6, 6.07) is 38.1. The van der Waals surface area contributed by atoms with Crippen molar-refractivity contribution < 1.29 is 18.0 Å².